The van der Waals surface area contributed by atoms with Gasteiger partial charge in [0.15, 0.2) is 5.96 Å². The van der Waals surface area contributed by atoms with Gasteiger partial charge in [-0.15, -0.1) is 24.0 Å². The van der Waals surface area contributed by atoms with E-state index in [0.717, 1.165) is 51.4 Å². The maximum Gasteiger partial charge on any atom is 0.410 e. The van der Waals surface area contributed by atoms with Gasteiger partial charge >= 0.3 is 6.09 Å². The van der Waals surface area contributed by atoms with E-state index in [4.69, 9.17) is 14.2 Å². The molecule has 0 bridgehead atoms. The number of amides is 1. The molecule has 0 radical (unpaired) electrons. The van der Waals surface area contributed by atoms with Crippen LogP contribution in [0.4, 0.5) is 4.79 Å². The highest BCUT2D eigenvalue weighted by atomic mass is 127. The molecule has 9 heteroatoms. The van der Waals surface area contributed by atoms with E-state index in [1.165, 1.54) is 0 Å². The summed E-state index contributed by atoms with van der Waals surface area (Å²) in [4.78, 5) is 18.4. The standard InChI is InChI=1S/C19H36N4O4.HI/c1-18(2,3)27-17(24)23-10-6-7-15(13-23)22-16(20-4)21-14-19(25-5)8-11-26-12-9-19;/h15H,6-14H2,1-5H3,(H2,20,21,22);1H. The summed E-state index contributed by atoms with van der Waals surface area (Å²) in [5.41, 5.74) is -0.696. The quantitative estimate of drug-likeness (QED) is 0.342. The third-order valence-corrected chi connectivity index (χ3v) is 5.05. The Morgan fingerprint density at radius 1 is 1.32 bits per heavy atom. The Kier molecular flexibility index (Phi) is 10.3. The average molecular weight is 512 g/mol. The summed E-state index contributed by atoms with van der Waals surface area (Å²) in [6.07, 6.45) is 3.40. The third kappa shape index (κ3) is 7.90. The largest absolute Gasteiger partial charge is 0.444 e. The number of aliphatic imine (C=N–C) groups is 1. The van der Waals surface area contributed by atoms with E-state index in [9.17, 15) is 4.79 Å². The molecule has 0 saturated carbocycles. The summed E-state index contributed by atoms with van der Waals surface area (Å²) in [5, 5.41) is 6.82. The lowest BCUT2D eigenvalue weighted by Gasteiger charge is -2.37. The number of halogens is 1. The van der Waals surface area contributed by atoms with Crippen LogP contribution in [0.2, 0.25) is 0 Å². The smallest absolute Gasteiger partial charge is 0.410 e. The Morgan fingerprint density at radius 3 is 2.57 bits per heavy atom. The highest BCUT2D eigenvalue weighted by Gasteiger charge is 2.33. The van der Waals surface area contributed by atoms with Gasteiger partial charge in [0.1, 0.15) is 5.60 Å². The first-order chi connectivity index (χ1) is 12.8. The summed E-state index contributed by atoms with van der Waals surface area (Å²) in [7, 11) is 3.51. The number of carbonyl (C=O) groups excluding carboxylic acids is 1. The van der Waals surface area contributed by atoms with Crippen LogP contribution in [-0.4, -0.2) is 81.2 Å². The fourth-order valence-electron chi connectivity index (χ4n) is 3.42. The Hall–Kier alpha value is -0.810. The fraction of sp³-hybridized carbons (Fsp3) is 0.895. The number of rotatable bonds is 4. The molecule has 2 fully saturated rings. The number of carbonyl (C=O) groups is 1. The van der Waals surface area contributed by atoms with Crippen molar-refractivity contribution in [2.45, 2.75) is 63.7 Å². The van der Waals surface area contributed by atoms with Gasteiger partial charge in [-0.2, -0.15) is 0 Å². The number of likely N-dealkylation sites (tertiary alicyclic amines) is 1. The van der Waals surface area contributed by atoms with Crippen molar-refractivity contribution in [2.75, 3.05) is 47.0 Å². The number of nitrogens with zero attached hydrogens (tertiary/aromatic N) is 2. The van der Waals surface area contributed by atoms with Crippen molar-refractivity contribution in [3.05, 3.63) is 0 Å². The monoisotopic (exact) mass is 512 g/mol. The molecule has 1 unspecified atom stereocenters. The number of guanidine groups is 1. The van der Waals surface area contributed by atoms with Crippen molar-refractivity contribution in [3.63, 3.8) is 0 Å². The lowest BCUT2D eigenvalue weighted by Crippen LogP contribution is -2.55. The molecule has 2 rings (SSSR count). The molecule has 2 aliphatic rings. The lowest BCUT2D eigenvalue weighted by molar-refractivity contribution is -0.0855. The second kappa shape index (κ2) is 11.4. The normalized spacial score (nSPS) is 22.8. The van der Waals surface area contributed by atoms with Crippen LogP contribution in [0, 0.1) is 0 Å². The fourth-order valence-corrected chi connectivity index (χ4v) is 3.42. The van der Waals surface area contributed by atoms with E-state index >= 15 is 0 Å². The minimum Gasteiger partial charge on any atom is -0.444 e. The van der Waals surface area contributed by atoms with Crippen molar-refractivity contribution in [1.82, 2.24) is 15.5 Å². The molecule has 0 spiro atoms. The first-order valence-electron chi connectivity index (χ1n) is 9.85. The van der Waals surface area contributed by atoms with E-state index < -0.39 is 5.60 Å². The molecule has 2 aliphatic heterocycles. The Labute approximate surface area is 186 Å². The van der Waals surface area contributed by atoms with Crippen molar-refractivity contribution in [2.24, 2.45) is 4.99 Å². The zero-order valence-corrected chi connectivity index (χ0v) is 20.2. The number of nitrogens with one attached hydrogen (secondary N) is 2. The van der Waals surface area contributed by atoms with Gasteiger partial charge in [-0.3, -0.25) is 4.99 Å². The highest BCUT2D eigenvalue weighted by Crippen LogP contribution is 2.23. The van der Waals surface area contributed by atoms with E-state index in [2.05, 4.69) is 15.6 Å². The number of ether oxygens (including phenoxy) is 3. The molecular formula is C19H37IN4O4. The third-order valence-electron chi connectivity index (χ3n) is 5.05. The van der Waals surface area contributed by atoms with Gasteiger partial charge < -0.3 is 29.7 Å². The van der Waals surface area contributed by atoms with Crippen LogP contribution in [0.15, 0.2) is 4.99 Å². The predicted octanol–water partition coefficient (Wildman–Crippen LogP) is 2.36. The maximum absolute atomic E-state index is 12.3. The Bertz CT molecular complexity index is 519. The highest BCUT2D eigenvalue weighted by molar-refractivity contribution is 14.0. The van der Waals surface area contributed by atoms with Crippen LogP contribution in [0.5, 0.6) is 0 Å². The second-order valence-corrected chi connectivity index (χ2v) is 8.34. The van der Waals surface area contributed by atoms with Crippen LogP contribution in [0.1, 0.15) is 46.5 Å². The summed E-state index contributed by atoms with van der Waals surface area (Å²) < 4.78 is 16.7. The molecule has 0 aromatic rings. The molecule has 1 atom stereocenters. The van der Waals surface area contributed by atoms with Crippen molar-refractivity contribution >= 4 is 36.0 Å². The zero-order chi connectivity index (χ0) is 19.9. The number of methoxy groups -OCH3 is 1. The summed E-state index contributed by atoms with van der Waals surface area (Å²) in [6.45, 7) is 9.11. The van der Waals surface area contributed by atoms with Gasteiger partial charge in [0.2, 0.25) is 0 Å². The molecule has 0 aliphatic carbocycles. The Morgan fingerprint density at radius 2 is 2.00 bits per heavy atom. The van der Waals surface area contributed by atoms with Crippen LogP contribution in [-0.2, 0) is 14.2 Å². The van der Waals surface area contributed by atoms with E-state index in [1.807, 2.05) is 20.8 Å². The maximum atomic E-state index is 12.3. The molecule has 2 N–H and O–H groups in total. The van der Waals surface area contributed by atoms with Gasteiger partial charge in [-0.1, -0.05) is 0 Å². The van der Waals surface area contributed by atoms with Crippen LogP contribution >= 0.6 is 24.0 Å². The number of hydrogen-bond donors (Lipinski definition) is 2. The summed E-state index contributed by atoms with van der Waals surface area (Å²) in [5.74, 6) is 0.731. The molecule has 28 heavy (non-hydrogen) atoms. The van der Waals surface area contributed by atoms with Crippen molar-refractivity contribution in [1.29, 1.82) is 0 Å². The van der Waals surface area contributed by atoms with Gasteiger partial charge in [0.25, 0.3) is 0 Å². The first kappa shape index (κ1) is 25.2. The zero-order valence-electron chi connectivity index (χ0n) is 17.9. The predicted molar refractivity (Wildman–Crippen MR) is 121 cm³/mol. The summed E-state index contributed by atoms with van der Waals surface area (Å²) >= 11 is 0. The molecule has 2 heterocycles. The van der Waals surface area contributed by atoms with Gasteiger partial charge in [0.05, 0.1) is 5.60 Å². The number of piperidine rings is 1. The minimum absolute atomic E-state index is 0. The molecule has 8 nitrogen and oxygen atoms in total. The van der Waals surface area contributed by atoms with Crippen molar-refractivity contribution < 1.29 is 19.0 Å². The molecule has 164 valence electrons. The van der Waals surface area contributed by atoms with Gasteiger partial charge in [-0.25, -0.2) is 4.79 Å². The van der Waals surface area contributed by atoms with Crippen molar-refractivity contribution in [3.8, 4) is 0 Å². The number of hydrogen-bond acceptors (Lipinski definition) is 5. The molecule has 2 saturated heterocycles. The second-order valence-electron chi connectivity index (χ2n) is 8.34. The topological polar surface area (TPSA) is 84.4 Å². The minimum atomic E-state index is -0.479. The van der Waals surface area contributed by atoms with E-state index in [1.54, 1.807) is 19.1 Å². The van der Waals surface area contributed by atoms with Gasteiger partial charge in [-0.05, 0) is 33.6 Å². The lowest BCUT2D eigenvalue weighted by atomic mass is 9.94. The molecule has 0 aromatic heterocycles. The molecule has 0 aromatic carbocycles. The SMILES string of the molecule is CN=C(NCC1(OC)CCOCC1)NC1CCCN(C(=O)OC(C)(C)C)C1.I. The first-order valence-corrected chi connectivity index (χ1v) is 9.85. The van der Waals surface area contributed by atoms with Crippen LogP contribution < -0.4 is 10.6 Å². The summed E-state index contributed by atoms with van der Waals surface area (Å²) in [6, 6.07) is 0.144. The van der Waals surface area contributed by atoms with E-state index in [0.29, 0.717) is 13.1 Å². The molecular weight excluding hydrogens is 475 g/mol. The van der Waals surface area contributed by atoms with Crippen LogP contribution in [0.3, 0.4) is 0 Å². The average Bonchev–Trinajstić information content (AvgIpc) is 2.64. The Balaban J connectivity index is 0.00000392. The molecule has 1 amide bonds. The van der Waals surface area contributed by atoms with E-state index in [-0.39, 0.29) is 41.7 Å². The van der Waals surface area contributed by atoms with Gasteiger partial charge in [0, 0.05) is 65.9 Å². The van der Waals surface area contributed by atoms with Crippen LogP contribution in [0.25, 0.3) is 0 Å².